The van der Waals surface area contributed by atoms with Crippen molar-refractivity contribution in [3.8, 4) is 0 Å². The quantitative estimate of drug-likeness (QED) is 0.725. The average molecular weight is 297 g/mol. The molecule has 0 saturated heterocycles. The fraction of sp³-hybridized carbons (Fsp3) is 0.125. The van der Waals surface area contributed by atoms with Crippen molar-refractivity contribution < 1.29 is 4.79 Å². The Hall–Kier alpha value is -2.40. The summed E-state index contributed by atoms with van der Waals surface area (Å²) in [6.45, 7) is 1.87. The summed E-state index contributed by atoms with van der Waals surface area (Å²) in [7, 11) is 0. The van der Waals surface area contributed by atoms with E-state index in [-0.39, 0.29) is 11.8 Å². The lowest BCUT2D eigenvalue weighted by Crippen LogP contribution is -2.18. The second kappa shape index (κ2) is 5.54. The second-order valence-electron chi connectivity index (χ2n) is 4.92. The summed E-state index contributed by atoms with van der Waals surface area (Å²) in [4.78, 5) is 16.6. The molecule has 2 aromatic carbocycles. The van der Waals surface area contributed by atoms with E-state index in [1.54, 1.807) is 16.8 Å². The molecule has 0 radical (unpaired) electrons. The minimum Gasteiger partial charge on any atom is -0.399 e. The normalized spacial score (nSPS) is 12.2. The number of nitrogens with two attached hydrogens (primary N) is 1. The Labute approximate surface area is 126 Å². The number of anilines is 2. The molecule has 4 nitrogen and oxygen atoms in total. The number of fused-ring (bicyclic) bond motifs is 1. The maximum atomic E-state index is 12.3. The molecule has 1 unspecified atom stereocenters. The largest absolute Gasteiger partial charge is 0.399 e. The summed E-state index contributed by atoms with van der Waals surface area (Å²) in [6, 6.07) is 13.1. The van der Waals surface area contributed by atoms with E-state index in [4.69, 9.17) is 5.73 Å². The lowest BCUT2D eigenvalue weighted by Gasteiger charge is -2.13. The van der Waals surface area contributed by atoms with Crippen molar-refractivity contribution in [1.82, 2.24) is 4.98 Å². The van der Waals surface area contributed by atoms with Gasteiger partial charge in [0.05, 0.1) is 21.6 Å². The first-order chi connectivity index (χ1) is 10.1. The highest BCUT2D eigenvalue weighted by Gasteiger charge is 2.15. The van der Waals surface area contributed by atoms with Crippen LogP contribution >= 0.6 is 11.3 Å². The van der Waals surface area contributed by atoms with Crippen LogP contribution in [0.15, 0.2) is 48.0 Å². The van der Waals surface area contributed by atoms with Crippen LogP contribution in [0.1, 0.15) is 18.4 Å². The van der Waals surface area contributed by atoms with E-state index in [2.05, 4.69) is 10.3 Å². The van der Waals surface area contributed by atoms with Crippen molar-refractivity contribution in [2.75, 3.05) is 11.1 Å². The first-order valence-corrected chi connectivity index (χ1v) is 7.51. The lowest BCUT2D eigenvalue weighted by atomic mass is 10.00. The van der Waals surface area contributed by atoms with Gasteiger partial charge in [-0.15, -0.1) is 11.3 Å². The third kappa shape index (κ3) is 2.87. The van der Waals surface area contributed by atoms with Crippen LogP contribution < -0.4 is 11.1 Å². The number of nitrogens with zero attached hydrogens (tertiary/aromatic N) is 1. The van der Waals surface area contributed by atoms with Crippen LogP contribution in [0.3, 0.4) is 0 Å². The number of hydrogen-bond acceptors (Lipinski definition) is 4. The van der Waals surface area contributed by atoms with Gasteiger partial charge in [0, 0.05) is 11.4 Å². The van der Waals surface area contributed by atoms with Gasteiger partial charge in [-0.25, -0.2) is 4.98 Å². The van der Waals surface area contributed by atoms with E-state index in [1.165, 1.54) is 0 Å². The molecule has 0 spiro atoms. The highest BCUT2D eigenvalue weighted by molar-refractivity contribution is 7.16. The zero-order valence-electron chi connectivity index (χ0n) is 11.5. The van der Waals surface area contributed by atoms with Gasteiger partial charge in [-0.3, -0.25) is 4.79 Å². The smallest absolute Gasteiger partial charge is 0.231 e. The molecule has 1 heterocycles. The van der Waals surface area contributed by atoms with Gasteiger partial charge in [-0.2, -0.15) is 0 Å². The van der Waals surface area contributed by atoms with Crippen LogP contribution in [0.2, 0.25) is 0 Å². The topological polar surface area (TPSA) is 68.0 Å². The fourth-order valence-corrected chi connectivity index (χ4v) is 2.88. The van der Waals surface area contributed by atoms with Crippen LogP contribution in [0.4, 0.5) is 11.4 Å². The molecule has 3 rings (SSSR count). The summed E-state index contributed by atoms with van der Waals surface area (Å²) < 4.78 is 1.06. The minimum absolute atomic E-state index is 0.0514. The second-order valence-corrected chi connectivity index (χ2v) is 5.80. The van der Waals surface area contributed by atoms with Gasteiger partial charge >= 0.3 is 0 Å². The Morgan fingerprint density at radius 1 is 1.29 bits per heavy atom. The molecule has 21 heavy (non-hydrogen) atoms. The average Bonchev–Trinajstić information content (AvgIpc) is 2.94. The van der Waals surface area contributed by atoms with Gasteiger partial charge < -0.3 is 11.1 Å². The number of nitrogen functional groups attached to an aromatic ring is 1. The van der Waals surface area contributed by atoms with Gasteiger partial charge in [0.15, 0.2) is 0 Å². The molecule has 1 atom stereocenters. The summed E-state index contributed by atoms with van der Waals surface area (Å²) in [6.07, 6.45) is 0. The minimum atomic E-state index is -0.259. The van der Waals surface area contributed by atoms with E-state index >= 15 is 0 Å². The number of rotatable bonds is 3. The molecule has 0 aliphatic heterocycles. The van der Waals surface area contributed by atoms with E-state index in [0.717, 1.165) is 21.5 Å². The predicted octanol–water partition coefficient (Wildman–Crippen LogP) is 3.62. The Bertz CT molecular complexity index is 797. The summed E-state index contributed by atoms with van der Waals surface area (Å²) in [5, 5.41) is 2.94. The van der Waals surface area contributed by atoms with Crippen molar-refractivity contribution in [3.05, 3.63) is 53.5 Å². The molecule has 1 amide bonds. The zero-order chi connectivity index (χ0) is 14.8. The van der Waals surface area contributed by atoms with E-state index in [0.29, 0.717) is 5.69 Å². The highest BCUT2D eigenvalue weighted by Crippen LogP contribution is 2.24. The standard InChI is InChI=1S/C16H15N3OS/c1-10(11-3-2-4-12(17)7-11)16(20)19-13-5-6-14-15(8-13)21-9-18-14/h2-10H,17H2,1H3,(H,19,20). The number of carbonyl (C=O) groups excluding carboxylic acids is 1. The number of thiazole rings is 1. The molecule has 5 heteroatoms. The first kappa shape index (κ1) is 13.6. The number of nitrogens with one attached hydrogen (secondary N) is 1. The number of aromatic nitrogens is 1. The molecule has 3 aromatic rings. The van der Waals surface area contributed by atoms with Crippen molar-refractivity contribution >= 4 is 38.8 Å². The van der Waals surface area contributed by atoms with E-state index in [9.17, 15) is 4.79 Å². The Morgan fingerprint density at radius 3 is 2.95 bits per heavy atom. The molecular weight excluding hydrogens is 282 g/mol. The maximum Gasteiger partial charge on any atom is 0.231 e. The van der Waals surface area contributed by atoms with Crippen molar-refractivity contribution in [1.29, 1.82) is 0 Å². The van der Waals surface area contributed by atoms with E-state index in [1.807, 2.05) is 49.4 Å². The van der Waals surface area contributed by atoms with Crippen LogP contribution in [0.5, 0.6) is 0 Å². The Kier molecular flexibility index (Phi) is 3.58. The number of amides is 1. The molecule has 0 aliphatic carbocycles. The van der Waals surface area contributed by atoms with Crippen molar-refractivity contribution in [3.63, 3.8) is 0 Å². The van der Waals surface area contributed by atoms with Gasteiger partial charge in [0.2, 0.25) is 5.91 Å². The van der Waals surface area contributed by atoms with E-state index < -0.39 is 0 Å². The van der Waals surface area contributed by atoms with Crippen LogP contribution in [-0.2, 0) is 4.79 Å². The lowest BCUT2D eigenvalue weighted by molar-refractivity contribution is -0.117. The van der Waals surface area contributed by atoms with Crippen LogP contribution in [0.25, 0.3) is 10.2 Å². The highest BCUT2D eigenvalue weighted by atomic mass is 32.1. The maximum absolute atomic E-state index is 12.3. The Morgan fingerprint density at radius 2 is 2.14 bits per heavy atom. The summed E-state index contributed by atoms with van der Waals surface area (Å²) in [5.74, 6) is -0.310. The zero-order valence-corrected chi connectivity index (χ0v) is 12.4. The molecule has 3 N–H and O–H groups in total. The Balaban J connectivity index is 1.78. The number of benzene rings is 2. The van der Waals surface area contributed by atoms with Crippen molar-refractivity contribution in [2.24, 2.45) is 0 Å². The predicted molar refractivity (Wildman–Crippen MR) is 87.5 cm³/mol. The van der Waals surface area contributed by atoms with Gasteiger partial charge in [-0.05, 0) is 42.8 Å². The first-order valence-electron chi connectivity index (χ1n) is 6.63. The molecule has 106 valence electrons. The third-order valence-corrected chi connectivity index (χ3v) is 4.19. The summed E-state index contributed by atoms with van der Waals surface area (Å²) >= 11 is 1.56. The van der Waals surface area contributed by atoms with Crippen LogP contribution in [-0.4, -0.2) is 10.9 Å². The SMILES string of the molecule is CC(C(=O)Nc1ccc2ncsc2c1)c1cccc(N)c1. The summed E-state index contributed by atoms with van der Waals surface area (Å²) in [5.41, 5.74) is 10.9. The van der Waals surface area contributed by atoms with Crippen LogP contribution in [0, 0.1) is 0 Å². The number of carbonyl (C=O) groups is 1. The third-order valence-electron chi connectivity index (χ3n) is 3.40. The monoisotopic (exact) mass is 297 g/mol. The fourth-order valence-electron chi connectivity index (χ4n) is 2.16. The molecule has 0 bridgehead atoms. The number of hydrogen-bond donors (Lipinski definition) is 2. The molecule has 0 saturated carbocycles. The molecule has 1 aromatic heterocycles. The van der Waals surface area contributed by atoms with Gasteiger partial charge in [0.1, 0.15) is 0 Å². The molecule has 0 fully saturated rings. The van der Waals surface area contributed by atoms with Gasteiger partial charge in [-0.1, -0.05) is 12.1 Å². The van der Waals surface area contributed by atoms with Crippen molar-refractivity contribution in [2.45, 2.75) is 12.8 Å². The molecule has 0 aliphatic rings. The van der Waals surface area contributed by atoms with Gasteiger partial charge in [0.25, 0.3) is 0 Å². The molecular formula is C16H15N3OS.